The number of fused-ring (bicyclic) bond motifs is 1. The maximum absolute atomic E-state index is 9.78. The maximum Gasteiger partial charge on any atom is 0.178 e. The Hall–Kier alpha value is -2.56. The van der Waals surface area contributed by atoms with Crippen LogP contribution < -0.4 is 0 Å². The lowest BCUT2D eigenvalue weighted by Gasteiger charge is -2.01. The van der Waals surface area contributed by atoms with Crippen LogP contribution in [0.1, 0.15) is 5.56 Å². The minimum Gasteiger partial charge on any atom is -0.508 e. The second-order valence-corrected chi connectivity index (χ2v) is 4.17. The van der Waals surface area contributed by atoms with Crippen LogP contribution in [-0.4, -0.2) is 25.2 Å². The van der Waals surface area contributed by atoms with Crippen molar-refractivity contribution < 1.29 is 10.2 Å². The van der Waals surface area contributed by atoms with Crippen LogP contribution >= 0.6 is 0 Å². The Morgan fingerprint density at radius 3 is 2.83 bits per heavy atom. The van der Waals surface area contributed by atoms with E-state index in [2.05, 4.69) is 15.0 Å². The minimum absolute atomic E-state index is 0.0589. The zero-order valence-corrected chi connectivity index (χ0v) is 9.68. The van der Waals surface area contributed by atoms with Crippen molar-refractivity contribution in [1.29, 1.82) is 0 Å². The summed E-state index contributed by atoms with van der Waals surface area (Å²) in [4.78, 5) is 11.6. The normalized spacial score (nSPS) is 10.9. The van der Waals surface area contributed by atoms with E-state index in [0.29, 0.717) is 17.0 Å². The van der Waals surface area contributed by atoms with Crippen LogP contribution in [0.15, 0.2) is 30.5 Å². The summed E-state index contributed by atoms with van der Waals surface area (Å²) in [5.74, 6) is 0.618. The van der Waals surface area contributed by atoms with Gasteiger partial charge < -0.3 is 15.2 Å². The van der Waals surface area contributed by atoms with Crippen LogP contribution in [0, 0.1) is 6.92 Å². The molecule has 90 valence electrons. The van der Waals surface area contributed by atoms with Crippen LogP contribution in [0.5, 0.6) is 11.5 Å². The molecular formula is C13H11N3O2. The number of aromatic nitrogens is 3. The molecule has 5 heteroatoms. The van der Waals surface area contributed by atoms with E-state index in [1.54, 1.807) is 6.20 Å². The van der Waals surface area contributed by atoms with Gasteiger partial charge in [0.1, 0.15) is 17.3 Å². The van der Waals surface area contributed by atoms with Crippen LogP contribution in [0.25, 0.3) is 22.6 Å². The van der Waals surface area contributed by atoms with Crippen molar-refractivity contribution in [2.75, 3.05) is 0 Å². The molecule has 2 heterocycles. The summed E-state index contributed by atoms with van der Waals surface area (Å²) in [7, 11) is 0. The summed E-state index contributed by atoms with van der Waals surface area (Å²) in [6.45, 7) is 1.94. The van der Waals surface area contributed by atoms with Gasteiger partial charge in [0.25, 0.3) is 0 Å². The molecule has 0 saturated heterocycles. The molecule has 0 aliphatic heterocycles. The molecule has 0 aliphatic rings. The van der Waals surface area contributed by atoms with Crippen molar-refractivity contribution in [1.82, 2.24) is 15.0 Å². The zero-order chi connectivity index (χ0) is 12.7. The van der Waals surface area contributed by atoms with E-state index in [0.717, 1.165) is 11.1 Å². The number of aromatic amines is 1. The summed E-state index contributed by atoms with van der Waals surface area (Å²) >= 11 is 0. The van der Waals surface area contributed by atoms with Crippen molar-refractivity contribution >= 4 is 11.2 Å². The molecule has 0 fully saturated rings. The SMILES string of the molecule is Cc1cnc2nc(-c3cc(O)ccc3O)[nH]c2c1. The second-order valence-electron chi connectivity index (χ2n) is 4.17. The molecule has 0 saturated carbocycles. The monoisotopic (exact) mass is 241 g/mol. The Labute approximate surface area is 103 Å². The average Bonchev–Trinajstić information content (AvgIpc) is 2.74. The Bertz CT molecular complexity index is 734. The van der Waals surface area contributed by atoms with E-state index in [1.807, 2.05) is 13.0 Å². The molecule has 18 heavy (non-hydrogen) atoms. The molecule has 5 nitrogen and oxygen atoms in total. The number of pyridine rings is 1. The summed E-state index contributed by atoms with van der Waals surface area (Å²) in [6, 6.07) is 6.24. The number of hydrogen-bond donors (Lipinski definition) is 3. The third-order valence-electron chi connectivity index (χ3n) is 2.71. The number of nitrogens with zero attached hydrogens (tertiary/aromatic N) is 2. The molecule has 3 rings (SSSR count). The molecule has 0 unspecified atom stereocenters. The first-order valence-corrected chi connectivity index (χ1v) is 5.48. The highest BCUT2D eigenvalue weighted by Gasteiger charge is 2.11. The molecule has 0 atom stereocenters. The molecular weight excluding hydrogens is 230 g/mol. The maximum atomic E-state index is 9.78. The van der Waals surface area contributed by atoms with Crippen molar-refractivity contribution in [2.45, 2.75) is 6.92 Å². The third-order valence-corrected chi connectivity index (χ3v) is 2.71. The van der Waals surface area contributed by atoms with Gasteiger partial charge in [0.05, 0.1) is 11.1 Å². The van der Waals surface area contributed by atoms with Crippen LogP contribution in [0.4, 0.5) is 0 Å². The van der Waals surface area contributed by atoms with Crippen molar-refractivity contribution in [3.05, 3.63) is 36.0 Å². The number of H-pyrrole nitrogens is 1. The first-order chi connectivity index (χ1) is 8.63. The van der Waals surface area contributed by atoms with Crippen molar-refractivity contribution in [3.8, 4) is 22.9 Å². The number of phenolic OH excluding ortho intramolecular Hbond substituents is 2. The largest absolute Gasteiger partial charge is 0.508 e. The van der Waals surface area contributed by atoms with Gasteiger partial charge in [0.2, 0.25) is 0 Å². The van der Waals surface area contributed by atoms with Gasteiger partial charge in [-0.3, -0.25) is 0 Å². The summed E-state index contributed by atoms with van der Waals surface area (Å²) in [5.41, 5.74) is 2.86. The highest BCUT2D eigenvalue weighted by Crippen LogP contribution is 2.31. The summed E-state index contributed by atoms with van der Waals surface area (Å²) in [6.07, 6.45) is 1.73. The average molecular weight is 241 g/mol. The third kappa shape index (κ3) is 1.66. The van der Waals surface area contributed by atoms with Gasteiger partial charge in [-0.05, 0) is 36.8 Å². The van der Waals surface area contributed by atoms with Gasteiger partial charge in [-0.25, -0.2) is 9.97 Å². The topological polar surface area (TPSA) is 82.0 Å². The first-order valence-electron chi connectivity index (χ1n) is 5.48. The number of imidazole rings is 1. The van der Waals surface area contributed by atoms with Crippen molar-refractivity contribution in [3.63, 3.8) is 0 Å². The number of rotatable bonds is 1. The first kappa shape index (κ1) is 10.6. The zero-order valence-electron chi connectivity index (χ0n) is 9.68. The second kappa shape index (κ2) is 3.73. The van der Waals surface area contributed by atoms with Gasteiger partial charge in [-0.1, -0.05) is 0 Å². The fourth-order valence-corrected chi connectivity index (χ4v) is 1.85. The molecule has 1 aromatic carbocycles. The molecule has 2 aromatic heterocycles. The van der Waals surface area contributed by atoms with E-state index in [-0.39, 0.29) is 11.5 Å². The number of nitrogens with one attached hydrogen (secondary N) is 1. The van der Waals surface area contributed by atoms with E-state index >= 15 is 0 Å². The Kier molecular flexibility index (Phi) is 2.19. The predicted molar refractivity (Wildman–Crippen MR) is 67.4 cm³/mol. The Morgan fingerprint density at radius 1 is 1.17 bits per heavy atom. The minimum atomic E-state index is 0.0589. The predicted octanol–water partition coefficient (Wildman–Crippen LogP) is 2.34. The number of aryl methyl sites for hydroxylation is 1. The molecule has 0 bridgehead atoms. The standard InChI is InChI=1S/C13H11N3O2/c1-7-4-10-13(14-6-7)16-12(15-10)9-5-8(17)2-3-11(9)18/h2-6,17-18H,1H3,(H,14,15,16). The van der Waals surface area contributed by atoms with E-state index in [9.17, 15) is 10.2 Å². The lowest BCUT2D eigenvalue weighted by atomic mass is 10.2. The molecule has 3 aromatic rings. The highest BCUT2D eigenvalue weighted by molar-refractivity contribution is 5.78. The van der Waals surface area contributed by atoms with Crippen LogP contribution in [0.3, 0.4) is 0 Å². The van der Waals surface area contributed by atoms with Gasteiger partial charge >= 0.3 is 0 Å². The quantitative estimate of drug-likeness (QED) is 0.571. The number of aromatic hydroxyl groups is 2. The lowest BCUT2D eigenvalue weighted by molar-refractivity contribution is 0.461. The van der Waals surface area contributed by atoms with Crippen LogP contribution in [-0.2, 0) is 0 Å². The van der Waals surface area contributed by atoms with Gasteiger partial charge in [0.15, 0.2) is 5.65 Å². The van der Waals surface area contributed by atoms with Gasteiger partial charge in [-0.2, -0.15) is 0 Å². The fraction of sp³-hybridized carbons (Fsp3) is 0.0769. The van der Waals surface area contributed by atoms with Gasteiger partial charge in [0, 0.05) is 6.20 Å². The van der Waals surface area contributed by atoms with E-state index < -0.39 is 0 Å². The van der Waals surface area contributed by atoms with E-state index in [4.69, 9.17) is 0 Å². The number of phenols is 2. The highest BCUT2D eigenvalue weighted by atomic mass is 16.3. The molecule has 0 amide bonds. The molecule has 0 aliphatic carbocycles. The molecule has 0 spiro atoms. The fourth-order valence-electron chi connectivity index (χ4n) is 1.85. The summed E-state index contributed by atoms with van der Waals surface area (Å²) in [5, 5.41) is 19.2. The van der Waals surface area contributed by atoms with Gasteiger partial charge in [-0.15, -0.1) is 0 Å². The number of benzene rings is 1. The lowest BCUT2D eigenvalue weighted by Crippen LogP contribution is -1.81. The van der Waals surface area contributed by atoms with Crippen molar-refractivity contribution in [2.24, 2.45) is 0 Å². The van der Waals surface area contributed by atoms with E-state index in [1.165, 1.54) is 18.2 Å². The molecule has 0 radical (unpaired) electrons. The Morgan fingerprint density at radius 2 is 2.00 bits per heavy atom. The van der Waals surface area contributed by atoms with Crippen LogP contribution in [0.2, 0.25) is 0 Å². The molecule has 3 N–H and O–H groups in total. The Balaban J connectivity index is 2.22. The number of hydrogen-bond acceptors (Lipinski definition) is 4. The summed E-state index contributed by atoms with van der Waals surface area (Å²) < 4.78 is 0. The smallest absolute Gasteiger partial charge is 0.178 e.